The van der Waals surface area contributed by atoms with E-state index in [-0.39, 0.29) is 28.4 Å². The van der Waals surface area contributed by atoms with Crippen LogP contribution in [0.2, 0.25) is 0 Å². The van der Waals surface area contributed by atoms with Crippen molar-refractivity contribution in [3.05, 3.63) is 56.3 Å². The van der Waals surface area contributed by atoms with Gasteiger partial charge in [-0.3, -0.25) is 14.9 Å². The number of nitrogens with zero attached hydrogens (tertiary/aromatic N) is 1. The molecule has 2 aromatic rings. The van der Waals surface area contributed by atoms with Gasteiger partial charge in [0, 0.05) is 10.5 Å². The molecule has 2 aromatic carbocycles. The maximum absolute atomic E-state index is 13.5. The quantitative estimate of drug-likeness (QED) is 0.408. The molecular formula is C19H20BrFN2O5. The predicted octanol–water partition coefficient (Wildman–Crippen LogP) is 5.33. The molecule has 0 saturated carbocycles. The third-order valence-corrected chi connectivity index (χ3v) is 4.29. The zero-order valence-electron chi connectivity index (χ0n) is 15.5. The number of ether oxygens (including phenoxy) is 2. The van der Waals surface area contributed by atoms with Crippen LogP contribution in [0, 0.1) is 15.9 Å². The lowest BCUT2D eigenvalue weighted by Crippen LogP contribution is -2.14. The van der Waals surface area contributed by atoms with Gasteiger partial charge in [-0.1, -0.05) is 13.8 Å². The summed E-state index contributed by atoms with van der Waals surface area (Å²) in [5.41, 5.74) is -0.409. The van der Waals surface area contributed by atoms with E-state index in [1.165, 1.54) is 24.3 Å². The van der Waals surface area contributed by atoms with Gasteiger partial charge in [-0.05, 0) is 47.0 Å². The Morgan fingerprint density at radius 3 is 2.32 bits per heavy atom. The van der Waals surface area contributed by atoms with E-state index < -0.39 is 16.6 Å². The molecule has 28 heavy (non-hydrogen) atoms. The standard InChI is InChI=1S/C19H20BrFN2O5/c1-3-7-27-17-10-15(16(23(25)26)11-18(17)28-8-4-2)22-19(24)13-9-12(21)5-6-14(13)20/h5-6,9-11H,3-4,7-8H2,1-2H3,(H,22,24). The van der Waals surface area contributed by atoms with Crippen molar-refractivity contribution in [1.82, 2.24) is 0 Å². The smallest absolute Gasteiger partial charge is 0.296 e. The third-order valence-electron chi connectivity index (χ3n) is 3.60. The normalized spacial score (nSPS) is 10.4. The Morgan fingerprint density at radius 1 is 1.14 bits per heavy atom. The highest BCUT2D eigenvalue weighted by atomic mass is 79.9. The molecule has 0 unspecified atom stereocenters. The Bertz CT molecular complexity index is 876. The Morgan fingerprint density at radius 2 is 1.75 bits per heavy atom. The average molecular weight is 455 g/mol. The van der Waals surface area contributed by atoms with Gasteiger partial charge in [0.1, 0.15) is 11.5 Å². The molecule has 1 amide bonds. The van der Waals surface area contributed by atoms with E-state index in [2.05, 4.69) is 21.2 Å². The summed E-state index contributed by atoms with van der Waals surface area (Å²) in [5.74, 6) is -0.780. The van der Waals surface area contributed by atoms with Crippen molar-refractivity contribution in [2.75, 3.05) is 18.5 Å². The summed E-state index contributed by atoms with van der Waals surface area (Å²) in [6.45, 7) is 4.57. The molecule has 7 nitrogen and oxygen atoms in total. The first-order valence-corrected chi connectivity index (χ1v) is 9.51. The SMILES string of the molecule is CCCOc1cc(NC(=O)c2cc(F)ccc2Br)c([N+](=O)[O-])cc1OCCC. The fraction of sp³-hybridized carbons (Fsp3) is 0.316. The second-order valence-corrected chi connectivity index (χ2v) is 6.70. The predicted molar refractivity (Wildman–Crippen MR) is 107 cm³/mol. The van der Waals surface area contributed by atoms with E-state index in [4.69, 9.17) is 9.47 Å². The number of benzene rings is 2. The Kier molecular flexibility index (Phi) is 7.74. The van der Waals surface area contributed by atoms with Crippen LogP contribution in [-0.2, 0) is 0 Å². The molecule has 0 aliphatic carbocycles. The summed E-state index contributed by atoms with van der Waals surface area (Å²) >= 11 is 3.17. The molecule has 0 bridgehead atoms. The highest BCUT2D eigenvalue weighted by Crippen LogP contribution is 2.38. The maximum atomic E-state index is 13.5. The molecular weight excluding hydrogens is 435 g/mol. The van der Waals surface area contributed by atoms with Gasteiger partial charge in [-0.15, -0.1) is 0 Å². The molecule has 1 N–H and O–H groups in total. The first-order valence-electron chi connectivity index (χ1n) is 8.71. The summed E-state index contributed by atoms with van der Waals surface area (Å²) in [4.78, 5) is 23.4. The zero-order valence-corrected chi connectivity index (χ0v) is 17.0. The van der Waals surface area contributed by atoms with Crippen molar-refractivity contribution >= 4 is 33.2 Å². The Labute approximate surface area is 170 Å². The summed E-state index contributed by atoms with van der Waals surface area (Å²) < 4.78 is 25.0. The number of amides is 1. The van der Waals surface area contributed by atoms with Crippen LogP contribution in [0.3, 0.4) is 0 Å². The highest BCUT2D eigenvalue weighted by molar-refractivity contribution is 9.10. The molecule has 0 aromatic heterocycles. The van der Waals surface area contributed by atoms with Crippen molar-refractivity contribution in [3.63, 3.8) is 0 Å². The number of nitro groups is 1. The van der Waals surface area contributed by atoms with Crippen molar-refractivity contribution in [1.29, 1.82) is 0 Å². The van der Waals surface area contributed by atoms with Gasteiger partial charge in [-0.2, -0.15) is 0 Å². The minimum atomic E-state index is -0.696. The van der Waals surface area contributed by atoms with E-state index in [1.807, 2.05) is 13.8 Å². The van der Waals surface area contributed by atoms with E-state index in [0.29, 0.717) is 24.1 Å². The monoisotopic (exact) mass is 454 g/mol. The molecule has 0 spiro atoms. The summed E-state index contributed by atoms with van der Waals surface area (Å²) in [6.07, 6.45) is 1.44. The van der Waals surface area contributed by atoms with Crippen LogP contribution in [0.15, 0.2) is 34.8 Å². The van der Waals surface area contributed by atoms with Crippen LogP contribution in [0.1, 0.15) is 37.0 Å². The number of hydrogen-bond acceptors (Lipinski definition) is 5. The van der Waals surface area contributed by atoms with Crippen molar-refractivity contribution < 1.29 is 23.6 Å². The van der Waals surface area contributed by atoms with E-state index in [1.54, 1.807) is 0 Å². The van der Waals surface area contributed by atoms with E-state index in [9.17, 15) is 19.3 Å². The molecule has 0 saturated heterocycles. The first kappa shape index (κ1) is 21.6. The second kappa shape index (κ2) is 10.0. The topological polar surface area (TPSA) is 90.7 Å². The number of hydrogen-bond donors (Lipinski definition) is 1. The largest absolute Gasteiger partial charge is 0.490 e. The number of anilines is 1. The van der Waals surface area contributed by atoms with Crippen LogP contribution in [0.4, 0.5) is 15.8 Å². The van der Waals surface area contributed by atoms with Crippen LogP contribution < -0.4 is 14.8 Å². The van der Waals surface area contributed by atoms with Gasteiger partial charge in [0.05, 0.1) is 29.8 Å². The summed E-state index contributed by atoms with van der Waals surface area (Å²) in [6, 6.07) is 6.19. The van der Waals surface area contributed by atoms with Gasteiger partial charge in [-0.25, -0.2) is 4.39 Å². The number of carbonyl (C=O) groups is 1. The van der Waals surface area contributed by atoms with Gasteiger partial charge in [0.25, 0.3) is 11.6 Å². The maximum Gasteiger partial charge on any atom is 0.296 e. The van der Waals surface area contributed by atoms with Crippen molar-refractivity contribution in [2.24, 2.45) is 0 Å². The van der Waals surface area contributed by atoms with Crippen molar-refractivity contribution in [3.8, 4) is 11.5 Å². The molecule has 0 atom stereocenters. The average Bonchev–Trinajstić information content (AvgIpc) is 2.66. The van der Waals surface area contributed by atoms with Crippen molar-refractivity contribution in [2.45, 2.75) is 26.7 Å². The van der Waals surface area contributed by atoms with Crippen LogP contribution in [0.5, 0.6) is 11.5 Å². The minimum absolute atomic E-state index is 0.0108. The number of nitro benzene ring substituents is 1. The summed E-state index contributed by atoms with van der Waals surface area (Å²) in [5, 5.41) is 14.0. The Balaban J connectivity index is 2.44. The van der Waals surface area contributed by atoms with Crippen LogP contribution in [0.25, 0.3) is 0 Å². The van der Waals surface area contributed by atoms with E-state index >= 15 is 0 Å². The molecule has 0 aliphatic rings. The van der Waals surface area contributed by atoms with Gasteiger partial charge >= 0.3 is 0 Å². The minimum Gasteiger partial charge on any atom is -0.490 e. The lowest BCUT2D eigenvalue weighted by molar-refractivity contribution is -0.384. The number of halogens is 2. The number of rotatable bonds is 9. The molecule has 0 heterocycles. The zero-order chi connectivity index (χ0) is 20.7. The second-order valence-electron chi connectivity index (χ2n) is 5.85. The lowest BCUT2D eigenvalue weighted by Gasteiger charge is -2.15. The lowest BCUT2D eigenvalue weighted by atomic mass is 10.2. The van der Waals surface area contributed by atoms with E-state index in [0.717, 1.165) is 12.5 Å². The van der Waals surface area contributed by atoms with Gasteiger partial charge < -0.3 is 14.8 Å². The number of carbonyl (C=O) groups excluding carboxylic acids is 1. The van der Waals surface area contributed by atoms with Gasteiger partial charge in [0.15, 0.2) is 11.5 Å². The van der Waals surface area contributed by atoms with Crippen LogP contribution in [-0.4, -0.2) is 24.0 Å². The molecule has 0 radical (unpaired) electrons. The molecule has 0 fully saturated rings. The highest BCUT2D eigenvalue weighted by Gasteiger charge is 2.23. The fourth-order valence-corrected chi connectivity index (χ4v) is 2.74. The third kappa shape index (κ3) is 5.41. The number of nitrogens with one attached hydrogen (secondary N) is 1. The molecule has 150 valence electrons. The summed E-state index contributed by atoms with van der Waals surface area (Å²) in [7, 11) is 0. The Hall–Kier alpha value is -2.68. The molecule has 0 aliphatic heterocycles. The van der Waals surface area contributed by atoms with Gasteiger partial charge in [0.2, 0.25) is 0 Å². The first-order chi connectivity index (χ1) is 13.4. The molecule has 2 rings (SSSR count). The molecule has 9 heteroatoms. The fourth-order valence-electron chi connectivity index (χ4n) is 2.31. The van der Waals surface area contributed by atoms with Crippen LogP contribution >= 0.6 is 15.9 Å².